The number of carbonyl (C=O) groups excluding carboxylic acids is 1. The van der Waals surface area contributed by atoms with Crippen LogP contribution in [0, 0.1) is 34.5 Å². The second-order valence-electron chi connectivity index (χ2n) is 10.6. The van der Waals surface area contributed by atoms with Crippen molar-refractivity contribution in [3.63, 3.8) is 0 Å². The first-order chi connectivity index (χ1) is 14.8. The van der Waals surface area contributed by atoms with E-state index in [0.29, 0.717) is 30.1 Å². The molecule has 31 heavy (non-hydrogen) atoms. The summed E-state index contributed by atoms with van der Waals surface area (Å²) in [6.07, 6.45) is 13.0. The largest absolute Gasteiger partial charge is 0.501 e. The van der Waals surface area contributed by atoms with Crippen LogP contribution in [0.3, 0.4) is 0 Å². The molecular weight excluding hydrogens is 391 g/mol. The van der Waals surface area contributed by atoms with Crippen LogP contribution in [0.25, 0.3) is 0 Å². The lowest BCUT2D eigenvalue weighted by Crippen LogP contribution is -2.51. The highest BCUT2D eigenvalue weighted by atomic mass is 19.1. The van der Waals surface area contributed by atoms with Gasteiger partial charge in [0.1, 0.15) is 0 Å². The average molecular weight is 431 g/mol. The fourth-order valence-electron chi connectivity index (χ4n) is 7.72. The van der Waals surface area contributed by atoms with E-state index in [1.165, 1.54) is 12.0 Å². The molecule has 0 heterocycles. The Labute approximate surface area is 187 Å². The maximum atomic E-state index is 15.2. The third-order valence-corrected chi connectivity index (χ3v) is 9.29. The van der Waals surface area contributed by atoms with Crippen LogP contribution < -0.4 is 0 Å². The predicted octanol–water partition coefficient (Wildman–Crippen LogP) is 6.90. The van der Waals surface area contributed by atoms with Crippen molar-refractivity contribution in [3.05, 3.63) is 34.9 Å². The molecule has 4 rings (SSSR count). The molecule has 4 heteroatoms. The van der Waals surface area contributed by atoms with Crippen LogP contribution in [-0.4, -0.2) is 19.7 Å². The van der Waals surface area contributed by atoms with Gasteiger partial charge in [-0.2, -0.15) is 4.39 Å². The first-order valence-corrected chi connectivity index (χ1v) is 12.3. The van der Waals surface area contributed by atoms with Gasteiger partial charge in [-0.05, 0) is 97.2 Å². The molecule has 6 atom stereocenters. The molecule has 4 aliphatic rings. The number of allylic oxidation sites excluding steroid dienone is 5. The minimum Gasteiger partial charge on any atom is -0.501 e. The number of esters is 1. The quantitative estimate of drug-likeness (QED) is 0.351. The van der Waals surface area contributed by atoms with Crippen LogP contribution in [0.2, 0.25) is 0 Å². The van der Waals surface area contributed by atoms with Crippen LogP contribution in [0.15, 0.2) is 34.9 Å². The number of rotatable bonds is 5. The Kier molecular flexibility index (Phi) is 6.13. The van der Waals surface area contributed by atoms with E-state index in [0.717, 1.165) is 49.9 Å². The minimum absolute atomic E-state index is 0.171. The molecule has 2 fully saturated rings. The lowest BCUT2D eigenvalue weighted by Gasteiger charge is -2.58. The number of fused-ring (bicyclic) bond motifs is 5. The maximum absolute atomic E-state index is 15.2. The molecule has 0 unspecified atom stereocenters. The zero-order valence-electron chi connectivity index (χ0n) is 19.9. The summed E-state index contributed by atoms with van der Waals surface area (Å²) in [4.78, 5) is 12.2. The van der Waals surface area contributed by atoms with Crippen molar-refractivity contribution in [1.82, 2.24) is 0 Å². The zero-order valence-corrected chi connectivity index (χ0v) is 19.9. The van der Waals surface area contributed by atoms with E-state index in [2.05, 4.69) is 32.9 Å². The molecule has 172 valence electrons. The Morgan fingerprint density at radius 2 is 1.87 bits per heavy atom. The number of methoxy groups -OCH3 is 1. The SMILES string of the molecule is CCC[C@@H]1C=C2C=C(OC)CC[C@]2(C)[C@H]2CC[C@]3(C)C(=C(F)C(=O)OCC)CC[C@H]3[C@H]12. The molecule has 0 aromatic rings. The second-order valence-corrected chi connectivity index (χ2v) is 10.6. The molecule has 0 saturated heterocycles. The van der Waals surface area contributed by atoms with Crippen molar-refractivity contribution in [2.45, 2.75) is 79.1 Å². The molecule has 0 radical (unpaired) electrons. The Hall–Kier alpha value is -1.58. The van der Waals surface area contributed by atoms with Gasteiger partial charge in [0.15, 0.2) is 0 Å². The fraction of sp³-hybridized carbons (Fsp3) is 0.741. The number of hydrogen-bond acceptors (Lipinski definition) is 3. The van der Waals surface area contributed by atoms with Crippen molar-refractivity contribution >= 4 is 5.97 Å². The highest BCUT2D eigenvalue weighted by Gasteiger charge is 2.59. The third-order valence-electron chi connectivity index (χ3n) is 9.29. The smallest absolute Gasteiger partial charge is 0.367 e. The summed E-state index contributed by atoms with van der Waals surface area (Å²) in [5, 5.41) is 0. The van der Waals surface area contributed by atoms with E-state index >= 15 is 4.39 Å². The molecule has 0 aromatic heterocycles. The summed E-state index contributed by atoms with van der Waals surface area (Å²) in [6, 6.07) is 0. The highest BCUT2D eigenvalue weighted by Crippen LogP contribution is 2.67. The second kappa shape index (κ2) is 8.41. The van der Waals surface area contributed by atoms with Gasteiger partial charge in [0.25, 0.3) is 0 Å². The van der Waals surface area contributed by atoms with Crippen molar-refractivity contribution in [1.29, 1.82) is 0 Å². The van der Waals surface area contributed by atoms with E-state index in [1.807, 2.05) is 0 Å². The van der Waals surface area contributed by atoms with Crippen molar-refractivity contribution in [2.75, 3.05) is 13.7 Å². The van der Waals surface area contributed by atoms with Crippen LogP contribution in [0.4, 0.5) is 4.39 Å². The van der Waals surface area contributed by atoms with Gasteiger partial charge in [0.05, 0.1) is 19.5 Å². The summed E-state index contributed by atoms with van der Waals surface area (Å²) < 4.78 is 25.8. The molecule has 0 aromatic carbocycles. The number of carbonyl (C=O) groups is 1. The van der Waals surface area contributed by atoms with E-state index in [-0.39, 0.29) is 17.4 Å². The number of ether oxygens (including phenoxy) is 2. The molecular formula is C27H39FO3. The minimum atomic E-state index is -0.770. The molecule has 2 saturated carbocycles. The van der Waals surface area contributed by atoms with Gasteiger partial charge in [-0.1, -0.05) is 33.3 Å². The number of halogens is 1. The van der Waals surface area contributed by atoms with Crippen LogP contribution in [-0.2, 0) is 14.3 Å². The van der Waals surface area contributed by atoms with Gasteiger partial charge in [0.2, 0.25) is 5.83 Å². The van der Waals surface area contributed by atoms with Crippen LogP contribution >= 0.6 is 0 Å². The maximum Gasteiger partial charge on any atom is 0.367 e. The molecule has 3 nitrogen and oxygen atoms in total. The molecule has 0 aliphatic heterocycles. The third kappa shape index (κ3) is 3.49. The van der Waals surface area contributed by atoms with E-state index in [4.69, 9.17) is 9.47 Å². The van der Waals surface area contributed by atoms with Gasteiger partial charge < -0.3 is 9.47 Å². The monoisotopic (exact) mass is 430 g/mol. The van der Waals surface area contributed by atoms with Crippen molar-refractivity contribution in [2.24, 2.45) is 34.5 Å². The molecule has 0 spiro atoms. The molecule has 0 amide bonds. The standard InChI is InChI=1S/C27H39FO3/c1-6-8-17-15-18-16-19(30-5)11-13-26(18,3)21-12-14-27(4)20(23(17)21)9-10-22(27)24(28)25(29)31-7-2/h15-17,20-21,23H,6-14H2,1-5H3/t17-,20+,21+,23+,26+,27+/m1/s1. The summed E-state index contributed by atoms with van der Waals surface area (Å²) in [5.74, 6) is 1.83. The van der Waals surface area contributed by atoms with Gasteiger partial charge in [-0.15, -0.1) is 0 Å². The summed E-state index contributed by atoms with van der Waals surface area (Å²) in [5.41, 5.74) is 2.14. The Balaban J connectivity index is 1.74. The summed E-state index contributed by atoms with van der Waals surface area (Å²) in [6.45, 7) is 8.89. The summed E-state index contributed by atoms with van der Waals surface area (Å²) in [7, 11) is 1.78. The van der Waals surface area contributed by atoms with Gasteiger partial charge in [0, 0.05) is 6.42 Å². The van der Waals surface area contributed by atoms with Gasteiger partial charge in [-0.25, -0.2) is 4.79 Å². The molecule has 0 bridgehead atoms. The lowest BCUT2D eigenvalue weighted by molar-refractivity contribution is -0.140. The molecule has 0 N–H and O–H groups in total. The first kappa shape index (κ1) is 22.6. The fourth-order valence-corrected chi connectivity index (χ4v) is 7.72. The van der Waals surface area contributed by atoms with E-state index < -0.39 is 11.8 Å². The van der Waals surface area contributed by atoms with E-state index in [1.54, 1.807) is 14.0 Å². The van der Waals surface area contributed by atoms with Gasteiger partial charge in [-0.3, -0.25) is 0 Å². The summed E-state index contributed by atoms with van der Waals surface area (Å²) >= 11 is 0. The van der Waals surface area contributed by atoms with Crippen LogP contribution in [0.5, 0.6) is 0 Å². The normalized spacial score (nSPS) is 40.7. The van der Waals surface area contributed by atoms with E-state index in [9.17, 15) is 4.79 Å². The first-order valence-electron chi connectivity index (χ1n) is 12.3. The predicted molar refractivity (Wildman–Crippen MR) is 121 cm³/mol. The Bertz CT molecular complexity index is 824. The Morgan fingerprint density at radius 1 is 1.13 bits per heavy atom. The van der Waals surface area contributed by atoms with Crippen LogP contribution in [0.1, 0.15) is 79.1 Å². The van der Waals surface area contributed by atoms with Crippen molar-refractivity contribution < 1.29 is 18.7 Å². The number of hydrogen-bond donors (Lipinski definition) is 0. The zero-order chi connectivity index (χ0) is 22.4. The molecule has 4 aliphatic carbocycles. The highest BCUT2D eigenvalue weighted by molar-refractivity contribution is 5.87. The average Bonchev–Trinajstić information content (AvgIpc) is 3.10. The van der Waals surface area contributed by atoms with Gasteiger partial charge >= 0.3 is 5.97 Å². The Morgan fingerprint density at radius 3 is 2.55 bits per heavy atom. The topological polar surface area (TPSA) is 35.5 Å². The lowest BCUT2D eigenvalue weighted by atomic mass is 9.46. The van der Waals surface area contributed by atoms with Crippen molar-refractivity contribution in [3.8, 4) is 0 Å².